The van der Waals surface area contributed by atoms with Crippen LogP contribution in [0.15, 0.2) is 30.3 Å². The fourth-order valence-corrected chi connectivity index (χ4v) is 5.58. The number of hydrogen-bond acceptors (Lipinski definition) is 8. The van der Waals surface area contributed by atoms with Gasteiger partial charge in [0.2, 0.25) is 17.7 Å². The Balaban J connectivity index is 1.69. The van der Waals surface area contributed by atoms with Crippen molar-refractivity contribution < 1.29 is 33.4 Å². The monoisotopic (exact) mass is 572 g/mol. The lowest BCUT2D eigenvalue weighted by atomic mass is 9.95. The molecule has 4 atom stereocenters. The molecule has 1 aromatic rings. The zero-order chi connectivity index (χ0) is 29.9. The number of rotatable bonds is 13. The van der Waals surface area contributed by atoms with Crippen molar-refractivity contribution in [3.63, 3.8) is 0 Å². The molecule has 4 N–H and O–H groups in total. The minimum Gasteiger partial charge on any atom is -0.469 e. The summed E-state index contributed by atoms with van der Waals surface area (Å²) < 4.78 is 10.1. The molecule has 226 valence electrons. The molecule has 0 radical (unpaired) electrons. The molecule has 0 unspecified atom stereocenters. The second kappa shape index (κ2) is 15.5. The largest absolute Gasteiger partial charge is 0.469 e. The highest BCUT2D eigenvalue weighted by molar-refractivity contribution is 5.95. The molecular weight excluding hydrogens is 528 g/mol. The van der Waals surface area contributed by atoms with Gasteiger partial charge in [-0.3, -0.25) is 19.2 Å². The van der Waals surface area contributed by atoms with Crippen molar-refractivity contribution in [1.29, 1.82) is 0 Å². The van der Waals surface area contributed by atoms with Crippen LogP contribution in [0.3, 0.4) is 0 Å². The van der Waals surface area contributed by atoms with E-state index in [1.54, 1.807) is 0 Å². The Labute approximate surface area is 241 Å². The first-order chi connectivity index (χ1) is 19.6. The van der Waals surface area contributed by atoms with E-state index < -0.39 is 53.8 Å². The molecule has 0 aromatic heterocycles. The number of amides is 3. The fraction of sp³-hybridized carbons (Fsp3) is 0.633. The third kappa shape index (κ3) is 9.27. The summed E-state index contributed by atoms with van der Waals surface area (Å²) in [4.78, 5) is 66.1. The first-order valence-electron chi connectivity index (χ1n) is 14.5. The molecule has 1 heterocycles. The highest BCUT2D eigenvalue weighted by Gasteiger charge is 2.40. The van der Waals surface area contributed by atoms with Crippen LogP contribution in [0.1, 0.15) is 70.8 Å². The van der Waals surface area contributed by atoms with Gasteiger partial charge in [-0.05, 0) is 49.5 Å². The molecule has 1 aromatic carbocycles. The lowest BCUT2D eigenvalue weighted by Gasteiger charge is -2.30. The van der Waals surface area contributed by atoms with E-state index in [1.807, 2.05) is 44.2 Å². The van der Waals surface area contributed by atoms with E-state index in [9.17, 15) is 24.0 Å². The van der Waals surface area contributed by atoms with E-state index in [0.29, 0.717) is 25.8 Å². The lowest BCUT2D eigenvalue weighted by Crippen LogP contribution is -2.58. The number of esters is 2. The standard InChI is InChI=1S/C30H44N4O7/c1-19(2)16-23(30(39)41-18-20-10-5-4-6-11-20)32-28(37)26(21-12-7-8-13-21)33-27(36)24-14-9-15-34(24)29(38)22(31)17-25(35)40-3/h4-6,10-11,19,21-24,26H,7-9,12-18,31H2,1-3H3,(H,32,37)(H,33,36)/t22-,23+,24+,26-/m1/s1. The molecule has 2 fully saturated rings. The average Bonchev–Trinajstić information content (AvgIpc) is 3.67. The Bertz CT molecular complexity index is 1060. The van der Waals surface area contributed by atoms with Crippen molar-refractivity contribution in [2.75, 3.05) is 13.7 Å². The van der Waals surface area contributed by atoms with Gasteiger partial charge in [0.15, 0.2) is 0 Å². The van der Waals surface area contributed by atoms with E-state index in [4.69, 9.17) is 10.5 Å². The van der Waals surface area contributed by atoms with Crippen LogP contribution < -0.4 is 16.4 Å². The number of hydrogen-bond donors (Lipinski definition) is 3. The number of carbonyl (C=O) groups is 5. The number of likely N-dealkylation sites (tertiary alicyclic amines) is 1. The van der Waals surface area contributed by atoms with Crippen molar-refractivity contribution in [2.24, 2.45) is 17.6 Å². The van der Waals surface area contributed by atoms with Crippen molar-refractivity contribution in [2.45, 2.75) is 96.0 Å². The molecule has 0 spiro atoms. The van der Waals surface area contributed by atoms with E-state index in [0.717, 1.165) is 31.2 Å². The minimum absolute atomic E-state index is 0.0916. The highest BCUT2D eigenvalue weighted by atomic mass is 16.5. The molecule has 2 aliphatic rings. The van der Waals surface area contributed by atoms with E-state index >= 15 is 0 Å². The van der Waals surface area contributed by atoms with Crippen molar-refractivity contribution in [3.8, 4) is 0 Å². The summed E-state index contributed by atoms with van der Waals surface area (Å²) in [6, 6.07) is 5.66. The van der Waals surface area contributed by atoms with Gasteiger partial charge >= 0.3 is 11.9 Å². The predicted octanol–water partition coefficient (Wildman–Crippen LogP) is 1.82. The highest BCUT2D eigenvalue weighted by Crippen LogP contribution is 2.29. The summed E-state index contributed by atoms with van der Waals surface area (Å²) in [6.07, 6.45) is 4.52. The molecule has 3 amide bonds. The van der Waals surface area contributed by atoms with E-state index in [1.165, 1.54) is 12.0 Å². The molecule has 41 heavy (non-hydrogen) atoms. The van der Waals surface area contributed by atoms with Crippen LogP contribution in [0.2, 0.25) is 0 Å². The Morgan fingerprint density at radius 3 is 2.32 bits per heavy atom. The molecule has 1 aliphatic carbocycles. The molecule has 3 rings (SSSR count). The second-order valence-electron chi connectivity index (χ2n) is 11.4. The van der Waals surface area contributed by atoms with Gasteiger partial charge in [0.1, 0.15) is 24.7 Å². The predicted molar refractivity (Wildman–Crippen MR) is 151 cm³/mol. The number of carbonyl (C=O) groups excluding carboxylic acids is 5. The smallest absolute Gasteiger partial charge is 0.328 e. The topological polar surface area (TPSA) is 157 Å². The summed E-state index contributed by atoms with van der Waals surface area (Å²) in [5.74, 6) is -2.51. The van der Waals surface area contributed by atoms with Crippen LogP contribution in [0, 0.1) is 11.8 Å². The van der Waals surface area contributed by atoms with E-state index in [-0.39, 0.29) is 24.9 Å². The van der Waals surface area contributed by atoms with Gasteiger partial charge < -0.3 is 30.7 Å². The summed E-state index contributed by atoms with van der Waals surface area (Å²) in [6.45, 7) is 4.33. The molecule has 11 heteroatoms. The molecule has 1 saturated carbocycles. The van der Waals surface area contributed by atoms with Crippen LogP contribution >= 0.6 is 0 Å². The number of benzene rings is 1. The zero-order valence-electron chi connectivity index (χ0n) is 24.3. The quantitative estimate of drug-likeness (QED) is 0.302. The van der Waals surface area contributed by atoms with Gasteiger partial charge in [0.05, 0.1) is 19.6 Å². The van der Waals surface area contributed by atoms with Crippen LogP contribution in [-0.2, 0) is 40.1 Å². The number of nitrogens with zero attached hydrogens (tertiary/aromatic N) is 1. The van der Waals surface area contributed by atoms with E-state index in [2.05, 4.69) is 15.4 Å². The van der Waals surface area contributed by atoms with Gasteiger partial charge in [0, 0.05) is 6.54 Å². The van der Waals surface area contributed by atoms with Crippen molar-refractivity contribution in [3.05, 3.63) is 35.9 Å². The van der Waals surface area contributed by atoms with Crippen molar-refractivity contribution >= 4 is 29.7 Å². The van der Waals surface area contributed by atoms with Gasteiger partial charge in [-0.1, -0.05) is 57.0 Å². The maximum Gasteiger partial charge on any atom is 0.328 e. The van der Waals surface area contributed by atoms with Gasteiger partial charge in [0.25, 0.3) is 0 Å². The van der Waals surface area contributed by atoms with Gasteiger partial charge in [-0.25, -0.2) is 4.79 Å². The Kier molecular flexibility index (Phi) is 12.1. The van der Waals surface area contributed by atoms with Crippen LogP contribution in [0.5, 0.6) is 0 Å². The Hall–Kier alpha value is -3.47. The minimum atomic E-state index is -1.12. The summed E-state index contributed by atoms with van der Waals surface area (Å²) in [5, 5.41) is 5.76. The maximum absolute atomic E-state index is 13.6. The third-order valence-electron chi connectivity index (χ3n) is 7.75. The number of ether oxygens (including phenoxy) is 2. The number of methoxy groups -OCH3 is 1. The first-order valence-corrected chi connectivity index (χ1v) is 14.5. The Morgan fingerprint density at radius 2 is 1.68 bits per heavy atom. The normalized spacial score (nSPS) is 19.3. The van der Waals surface area contributed by atoms with Gasteiger partial charge in [-0.2, -0.15) is 0 Å². The SMILES string of the molecule is COC(=O)C[C@@H](N)C(=O)N1CCC[C@H]1C(=O)N[C@@H](C(=O)N[C@@H](CC(C)C)C(=O)OCc1ccccc1)C1CCCC1. The molecule has 1 saturated heterocycles. The fourth-order valence-electron chi connectivity index (χ4n) is 5.58. The number of nitrogens with one attached hydrogen (secondary N) is 2. The first kappa shape index (κ1) is 32.0. The molecule has 0 bridgehead atoms. The summed E-state index contributed by atoms with van der Waals surface area (Å²) >= 11 is 0. The molecule has 1 aliphatic heterocycles. The summed E-state index contributed by atoms with van der Waals surface area (Å²) in [7, 11) is 1.22. The number of nitrogens with two attached hydrogens (primary N) is 1. The van der Waals surface area contributed by atoms with Crippen LogP contribution in [-0.4, -0.2) is 72.4 Å². The van der Waals surface area contributed by atoms with Crippen molar-refractivity contribution in [1.82, 2.24) is 15.5 Å². The van der Waals surface area contributed by atoms with Crippen LogP contribution in [0.25, 0.3) is 0 Å². The lowest BCUT2D eigenvalue weighted by molar-refractivity contribution is -0.150. The average molecular weight is 573 g/mol. The molecular formula is C30H44N4O7. The third-order valence-corrected chi connectivity index (χ3v) is 7.75. The molecule has 11 nitrogen and oxygen atoms in total. The van der Waals surface area contributed by atoms with Crippen LogP contribution in [0.4, 0.5) is 0 Å². The Morgan fingerprint density at radius 1 is 1.00 bits per heavy atom. The zero-order valence-corrected chi connectivity index (χ0v) is 24.3. The van der Waals surface area contributed by atoms with Gasteiger partial charge in [-0.15, -0.1) is 0 Å². The second-order valence-corrected chi connectivity index (χ2v) is 11.4. The summed E-state index contributed by atoms with van der Waals surface area (Å²) in [5.41, 5.74) is 6.78. The maximum atomic E-state index is 13.6.